The average molecular weight is 284 g/mol. The monoisotopic (exact) mass is 283 g/mol. The fourth-order valence-corrected chi connectivity index (χ4v) is 1.89. The predicted octanol–water partition coefficient (Wildman–Crippen LogP) is 1.56. The summed E-state index contributed by atoms with van der Waals surface area (Å²) in [7, 11) is 0. The lowest BCUT2D eigenvalue weighted by atomic mass is 10.3. The van der Waals surface area contributed by atoms with E-state index >= 15 is 0 Å². The molecule has 19 heavy (non-hydrogen) atoms. The zero-order valence-corrected chi connectivity index (χ0v) is 10.9. The number of rotatable bonds is 6. The van der Waals surface area contributed by atoms with E-state index < -0.39 is 11.9 Å². The predicted molar refractivity (Wildman–Crippen MR) is 69.2 cm³/mol. The van der Waals surface area contributed by atoms with E-state index in [9.17, 15) is 9.59 Å². The number of aliphatic carboxylic acids is 1. The summed E-state index contributed by atoms with van der Waals surface area (Å²) in [6.07, 6.45) is 0.430. The molecule has 1 amide bonds. The van der Waals surface area contributed by atoms with Gasteiger partial charge in [0.15, 0.2) is 0 Å². The summed E-state index contributed by atoms with van der Waals surface area (Å²) in [4.78, 5) is 22.1. The molecule has 0 aliphatic heterocycles. The van der Waals surface area contributed by atoms with Gasteiger partial charge in [-0.1, -0.05) is 11.6 Å². The summed E-state index contributed by atoms with van der Waals surface area (Å²) in [6, 6.07) is 6.92. The zero-order valence-electron chi connectivity index (χ0n) is 10.1. The van der Waals surface area contributed by atoms with Crippen molar-refractivity contribution >= 4 is 23.5 Å². The number of carbonyl (C=O) groups is 2. The second kappa shape index (κ2) is 5.93. The average Bonchev–Trinajstić information content (AvgIpc) is 3.17. The second-order valence-electron chi connectivity index (χ2n) is 4.38. The van der Waals surface area contributed by atoms with Crippen molar-refractivity contribution in [3.63, 3.8) is 0 Å². The molecular weight excluding hydrogens is 270 g/mol. The first-order valence-corrected chi connectivity index (χ1v) is 6.34. The summed E-state index contributed by atoms with van der Waals surface area (Å²) in [5.41, 5.74) is 0. The molecule has 2 rings (SSSR count). The van der Waals surface area contributed by atoms with E-state index in [4.69, 9.17) is 21.4 Å². The van der Waals surface area contributed by atoms with E-state index in [0.29, 0.717) is 30.3 Å². The van der Waals surface area contributed by atoms with Gasteiger partial charge in [0.25, 0.3) is 0 Å². The van der Waals surface area contributed by atoms with Gasteiger partial charge in [-0.3, -0.25) is 9.59 Å². The number of amides is 1. The van der Waals surface area contributed by atoms with Crippen molar-refractivity contribution in [1.82, 2.24) is 5.32 Å². The molecule has 0 radical (unpaired) electrons. The number of carbonyl (C=O) groups excluding carboxylic acids is 1. The Morgan fingerprint density at radius 2 is 2.00 bits per heavy atom. The van der Waals surface area contributed by atoms with Crippen molar-refractivity contribution in [3.8, 4) is 5.75 Å². The van der Waals surface area contributed by atoms with Crippen molar-refractivity contribution in [2.75, 3.05) is 13.2 Å². The van der Waals surface area contributed by atoms with Crippen LogP contribution in [0.4, 0.5) is 0 Å². The molecule has 1 aromatic carbocycles. The van der Waals surface area contributed by atoms with Crippen LogP contribution in [0.3, 0.4) is 0 Å². The molecule has 0 aromatic heterocycles. The van der Waals surface area contributed by atoms with Crippen LogP contribution in [-0.2, 0) is 9.59 Å². The third kappa shape index (κ3) is 3.86. The van der Waals surface area contributed by atoms with Crippen LogP contribution in [0.25, 0.3) is 0 Å². The van der Waals surface area contributed by atoms with E-state index in [1.54, 1.807) is 24.3 Å². The summed E-state index contributed by atoms with van der Waals surface area (Å²) in [5, 5.41) is 12.0. The quantitative estimate of drug-likeness (QED) is 0.777. The Hall–Kier alpha value is -1.75. The van der Waals surface area contributed by atoms with Crippen molar-refractivity contribution in [1.29, 1.82) is 0 Å². The first-order valence-electron chi connectivity index (χ1n) is 5.97. The molecule has 6 heteroatoms. The van der Waals surface area contributed by atoms with Crippen LogP contribution < -0.4 is 10.1 Å². The van der Waals surface area contributed by atoms with E-state index in [2.05, 4.69) is 5.32 Å². The maximum Gasteiger partial charge on any atom is 0.307 e. The molecule has 0 spiro atoms. The van der Waals surface area contributed by atoms with Gasteiger partial charge in [0.1, 0.15) is 12.4 Å². The van der Waals surface area contributed by atoms with Crippen molar-refractivity contribution in [2.24, 2.45) is 11.8 Å². The molecule has 2 N–H and O–H groups in total. The van der Waals surface area contributed by atoms with Gasteiger partial charge < -0.3 is 15.2 Å². The maximum atomic E-state index is 11.5. The molecule has 1 saturated carbocycles. The highest BCUT2D eigenvalue weighted by Gasteiger charge is 2.48. The standard InChI is InChI=1S/C13H14ClNO4/c14-8-1-3-9(4-2-8)19-6-5-15-12(16)10-7-11(10)13(17)18/h1-4,10-11H,5-7H2,(H,15,16)(H,17,18). The first-order chi connectivity index (χ1) is 9.08. The van der Waals surface area contributed by atoms with E-state index in [-0.39, 0.29) is 11.8 Å². The number of halogens is 1. The highest BCUT2D eigenvalue weighted by molar-refractivity contribution is 6.30. The molecule has 1 aliphatic rings. The Kier molecular flexibility index (Phi) is 4.27. The minimum absolute atomic E-state index is 0.216. The molecule has 5 nitrogen and oxygen atoms in total. The Balaban J connectivity index is 1.63. The van der Waals surface area contributed by atoms with Gasteiger partial charge in [0.05, 0.1) is 18.4 Å². The van der Waals surface area contributed by atoms with Gasteiger partial charge in [-0.15, -0.1) is 0 Å². The molecule has 102 valence electrons. The molecule has 0 bridgehead atoms. The lowest BCUT2D eigenvalue weighted by Gasteiger charge is -2.07. The lowest BCUT2D eigenvalue weighted by molar-refractivity contribution is -0.140. The summed E-state index contributed by atoms with van der Waals surface area (Å²) in [6.45, 7) is 0.683. The Morgan fingerprint density at radius 3 is 2.58 bits per heavy atom. The molecule has 2 atom stereocenters. The number of hydrogen-bond donors (Lipinski definition) is 2. The Morgan fingerprint density at radius 1 is 1.32 bits per heavy atom. The van der Waals surface area contributed by atoms with E-state index in [1.807, 2.05) is 0 Å². The van der Waals surface area contributed by atoms with E-state index in [0.717, 1.165) is 0 Å². The maximum absolute atomic E-state index is 11.5. The summed E-state index contributed by atoms with van der Waals surface area (Å²) in [5.74, 6) is -1.34. The fraction of sp³-hybridized carbons (Fsp3) is 0.385. The van der Waals surface area contributed by atoms with Crippen LogP contribution in [0.1, 0.15) is 6.42 Å². The molecule has 1 aromatic rings. The minimum atomic E-state index is -0.905. The van der Waals surface area contributed by atoms with Gasteiger partial charge in [0.2, 0.25) is 5.91 Å². The first kappa shape index (κ1) is 13.7. The normalized spacial score (nSPS) is 20.7. The third-order valence-corrected chi connectivity index (χ3v) is 3.18. The van der Waals surface area contributed by atoms with E-state index in [1.165, 1.54) is 0 Å². The zero-order chi connectivity index (χ0) is 13.8. The summed E-state index contributed by atoms with van der Waals surface area (Å²) < 4.78 is 5.40. The fourth-order valence-electron chi connectivity index (χ4n) is 1.76. The molecule has 1 fully saturated rings. The van der Waals surface area contributed by atoms with Gasteiger partial charge in [-0.25, -0.2) is 0 Å². The third-order valence-electron chi connectivity index (χ3n) is 2.93. The SMILES string of the molecule is O=C(O)C1CC1C(=O)NCCOc1ccc(Cl)cc1. The Bertz CT molecular complexity index is 474. The molecule has 2 unspecified atom stereocenters. The smallest absolute Gasteiger partial charge is 0.307 e. The van der Waals surface area contributed by atoms with Crippen molar-refractivity contribution in [2.45, 2.75) is 6.42 Å². The number of carboxylic acids is 1. The van der Waals surface area contributed by atoms with Gasteiger partial charge in [-0.05, 0) is 30.7 Å². The summed E-state index contributed by atoms with van der Waals surface area (Å²) >= 11 is 5.74. The van der Waals surface area contributed by atoms with Gasteiger partial charge in [0, 0.05) is 5.02 Å². The van der Waals surface area contributed by atoms with Crippen molar-refractivity contribution in [3.05, 3.63) is 29.3 Å². The van der Waals surface area contributed by atoms with Crippen LogP contribution in [0.15, 0.2) is 24.3 Å². The lowest BCUT2D eigenvalue weighted by Crippen LogP contribution is -2.30. The minimum Gasteiger partial charge on any atom is -0.492 e. The second-order valence-corrected chi connectivity index (χ2v) is 4.82. The number of ether oxygens (including phenoxy) is 1. The highest BCUT2D eigenvalue weighted by atomic mass is 35.5. The van der Waals surface area contributed by atoms with Crippen LogP contribution in [-0.4, -0.2) is 30.1 Å². The van der Waals surface area contributed by atoms with Crippen molar-refractivity contribution < 1.29 is 19.4 Å². The largest absolute Gasteiger partial charge is 0.492 e. The van der Waals surface area contributed by atoms with Crippen LogP contribution in [0, 0.1) is 11.8 Å². The highest BCUT2D eigenvalue weighted by Crippen LogP contribution is 2.38. The molecule has 0 heterocycles. The Labute approximate surface area is 115 Å². The molecule has 0 saturated heterocycles. The number of nitrogens with one attached hydrogen (secondary N) is 1. The number of carboxylic acid groups (broad SMARTS) is 1. The van der Waals surface area contributed by atoms with Gasteiger partial charge in [-0.2, -0.15) is 0 Å². The van der Waals surface area contributed by atoms with Gasteiger partial charge >= 0.3 is 5.97 Å². The van der Waals surface area contributed by atoms with Crippen LogP contribution in [0.2, 0.25) is 5.02 Å². The topological polar surface area (TPSA) is 75.6 Å². The molecular formula is C13H14ClNO4. The number of hydrogen-bond acceptors (Lipinski definition) is 3. The van der Waals surface area contributed by atoms with Crippen LogP contribution >= 0.6 is 11.6 Å². The number of benzene rings is 1. The molecule has 1 aliphatic carbocycles. The van der Waals surface area contributed by atoms with Crippen LogP contribution in [0.5, 0.6) is 5.75 Å².